The number of hydrogen-bond donors (Lipinski definition) is 0. The third kappa shape index (κ3) is 10.2. The first-order valence-corrected chi connectivity index (χ1v) is 9.78. The minimum absolute atomic E-state index is 0.325. The van der Waals surface area contributed by atoms with Crippen molar-refractivity contribution in [2.45, 2.75) is 26.7 Å². The maximum Gasteiger partial charge on any atom is 0.333 e. The number of esters is 2. The SMILES string of the molecule is C=C(C)C(=O)OCCCS(C)(C)CCCOC(=O)C(=C)C. The van der Waals surface area contributed by atoms with E-state index in [2.05, 4.69) is 25.7 Å². The van der Waals surface area contributed by atoms with Crippen LogP contribution in [0.2, 0.25) is 0 Å². The molecule has 0 aliphatic rings. The molecule has 0 aliphatic heterocycles. The first-order valence-electron chi connectivity index (χ1n) is 6.99. The molecule has 5 heteroatoms. The van der Waals surface area contributed by atoms with Gasteiger partial charge in [0.2, 0.25) is 0 Å². The molecule has 21 heavy (non-hydrogen) atoms. The van der Waals surface area contributed by atoms with E-state index in [1.54, 1.807) is 13.8 Å². The van der Waals surface area contributed by atoms with Crippen LogP contribution in [0.15, 0.2) is 24.3 Å². The van der Waals surface area contributed by atoms with Crippen LogP contribution in [-0.4, -0.2) is 49.2 Å². The maximum atomic E-state index is 11.2. The van der Waals surface area contributed by atoms with Crippen LogP contribution >= 0.6 is 10.0 Å². The summed E-state index contributed by atoms with van der Waals surface area (Å²) in [4.78, 5) is 22.5. The Morgan fingerprint density at radius 1 is 0.857 bits per heavy atom. The molecule has 0 aromatic carbocycles. The lowest BCUT2D eigenvalue weighted by Crippen LogP contribution is -2.13. The Morgan fingerprint density at radius 2 is 1.19 bits per heavy atom. The Balaban J connectivity index is 3.78. The van der Waals surface area contributed by atoms with Gasteiger partial charge in [0.05, 0.1) is 13.2 Å². The molecule has 0 N–H and O–H groups in total. The third-order valence-corrected chi connectivity index (χ3v) is 5.63. The smallest absolute Gasteiger partial charge is 0.333 e. The molecule has 0 saturated heterocycles. The highest BCUT2D eigenvalue weighted by molar-refractivity contribution is 8.32. The minimum atomic E-state index is -0.745. The lowest BCUT2D eigenvalue weighted by Gasteiger charge is -2.31. The molecular weight excluding hydrogens is 288 g/mol. The minimum Gasteiger partial charge on any atom is -0.462 e. The fraction of sp³-hybridized carbons (Fsp3) is 0.625. The maximum absolute atomic E-state index is 11.2. The quantitative estimate of drug-likeness (QED) is 0.353. The molecule has 0 saturated carbocycles. The molecule has 0 rings (SSSR count). The molecule has 0 aromatic rings. The molecule has 0 fully saturated rings. The summed E-state index contributed by atoms with van der Waals surface area (Å²) < 4.78 is 10.2. The number of carbonyl (C=O) groups excluding carboxylic acids is 2. The Labute approximate surface area is 129 Å². The van der Waals surface area contributed by atoms with Gasteiger partial charge >= 0.3 is 11.9 Å². The number of hydrogen-bond acceptors (Lipinski definition) is 4. The van der Waals surface area contributed by atoms with Crippen molar-refractivity contribution < 1.29 is 19.1 Å². The standard InChI is InChI=1S/C16H28O4S/c1-13(2)15(17)19-9-7-11-21(5,6)12-8-10-20-16(18)14(3)4/h1,3,7-12H2,2,4-6H3. The first-order chi connectivity index (χ1) is 9.65. The third-order valence-electron chi connectivity index (χ3n) is 2.85. The molecule has 0 aliphatic carbocycles. The van der Waals surface area contributed by atoms with Gasteiger partial charge in [-0.1, -0.05) is 13.2 Å². The van der Waals surface area contributed by atoms with Crippen LogP contribution in [0.25, 0.3) is 0 Å². The first kappa shape index (κ1) is 19.8. The summed E-state index contributed by atoms with van der Waals surface area (Å²) in [6.07, 6.45) is 6.20. The molecule has 0 spiro atoms. The summed E-state index contributed by atoms with van der Waals surface area (Å²) in [5, 5.41) is 0. The van der Waals surface area contributed by atoms with Gasteiger partial charge in [-0.2, -0.15) is 0 Å². The van der Waals surface area contributed by atoms with Gasteiger partial charge in [-0.25, -0.2) is 19.6 Å². The normalized spacial score (nSPS) is 11.6. The van der Waals surface area contributed by atoms with Crippen LogP contribution in [0, 0.1) is 0 Å². The fourth-order valence-electron chi connectivity index (χ4n) is 1.58. The summed E-state index contributed by atoms with van der Waals surface area (Å²) in [6.45, 7) is 11.2. The average molecular weight is 316 g/mol. The largest absolute Gasteiger partial charge is 0.462 e. The summed E-state index contributed by atoms with van der Waals surface area (Å²) in [6, 6.07) is 0. The highest BCUT2D eigenvalue weighted by Gasteiger charge is 2.13. The van der Waals surface area contributed by atoms with Crippen molar-refractivity contribution in [3.05, 3.63) is 24.3 Å². The zero-order valence-electron chi connectivity index (χ0n) is 13.7. The van der Waals surface area contributed by atoms with Crippen molar-refractivity contribution in [3.8, 4) is 0 Å². The van der Waals surface area contributed by atoms with Gasteiger partial charge in [-0.15, -0.1) is 0 Å². The molecule has 0 amide bonds. The summed E-state index contributed by atoms with van der Waals surface area (Å²) in [5.74, 6) is 1.42. The van der Waals surface area contributed by atoms with Gasteiger partial charge < -0.3 is 9.47 Å². The second kappa shape index (κ2) is 9.66. The summed E-state index contributed by atoms with van der Waals surface area (Å²) >= 11 is 0. The van der Waals surface area contributed by atoms with Gasteiger partial charge in [0.15, 0.2) is 0 Å². The van der Waals surface area contributed by atoms with E-state index in [-0.39, 0.29) is 11.9 Å². The Hall–Kier alpha value is -1.23. The second-order valence-electron chi connectivity index (χ2n) is 5.71. The summed E-state index contributed by atoms with van der Waals surface area (Å²) in [7, 11) is -0.745. The molecule has 122 valence electrons. The van der Waals surface area contributed by atoms with Gasteiger partial charge in [0, 0.05) is 11.1 Å². The predicted molar refractivity (Wildman–Crippen MR) is 90.0 cm³/mol. The van der Waals surface area contributed by atoms with Crippen LogP contribution < -0.4 is 0 Å². The van der Waals surface area contributed by atoms with Gasteiger partial charge in [-0.05, 0) is 50.7 Å². The van der Waals surface area contributed by atoms with Crippen molar-refractivity contribution >= 4 is 22.0 Å². The van der Waals surface area contributed by atoms with Crippen molar-refractivity contribution in [1.82, 2.24) is 0 Å². The van der Waals surface area contributed by atoms with E-state index in [4.69, 9.17) is 9.47 Å². The topological polar surface area (TPSA) is 52.6 Å². The Bertz CT molecular complexity index is 363. The second-order valence-corrected chi connectivity index (χ2v) is 10.1. The van der Waals surface area contributed by atoms with Crippen molar-refractivity contribution in [2.75, 3.05) is 37.2 Å². The van der Waals surface area contributed by atoms with E-state index >= 15 is 0 Å². The monoisotopic (exact) mass is 316 g/mol. The van der Waals surface area contributed by atoms with Crippen LogP contribution in [0.1, 0.15) is 26.7 Å². The summed E-state index contributed by atoms with van der Waals surface area (Å²) in [5.41, 5.74) is 0.863. The van der Waals surface area contributed by atoms with Crippen LogP contribution in [0.4, 0.5) is 0 Å². The molecule has 0 aromatic heterocycles. The Kier molecular flexibility index (Phi) is 9.09. The number of carbonyl (C=O) groups is 2. The molecule has 0 atom stereocenters. The van der Waals surface area contributed by atoms with Crippen LogP contribution in [0.5, 0.6) is 0 Å². The van der Waals surface area contributed by atoms with Crippen molar-refractivity contribution in [2.24, 2.45) is 0 Å². The van der Waals surface area contributed by atoms with E-state index in [1.165, 1.54) is 0 Å². The molecule has 0 heterocycles. The average Bonchev–Trinajstić information content (AvgIpc) is 2.38. The van der Waals surface area contributed by atoms with Gasteiger partial charge in [0.25, 0.3) is 0 Å². The lowest BCUT2D eigenvalue weighted by atomic mass is 10.4. The Morgan fingerprint density at radius 3 is 1.48 bits per heavy atom. The van der Waals surface area contributed by atoms with E-state index in [9.17, 15) is 9.59 Å². The molecule has 0 unspecified atom stereocenters. The van der Waals surface area contributed by atoms with E-state index in [1.807, 2.05) is 0 Å². The molecule has 4 nitrogen and oxygen atoms in total. The number of ether oxygens (including phenoxy) is 2. The molecular formula is C16H28O4S. The van der Waals surface area contributed by atoms with Gasteiger partial charge in [-0.3, -0.25) is 0 Å². The van der Waals surface area contributed by atoms with Crippen molar-refractivity contribution in [3.63, 3.8) is 0 Å². The van der Waals surface area contributed by atoms with Crippen molar-refractivity contribution in [1.29, 1.82) is 0 Å². The molecule has 0 bridgehead atoms. The van der Waals surface area contributed by atoms with E-state index in [0.717, 1.165) is 24.3 Å². The number of rotatable bonds is 10. The lowest BCUT2D eigenvalue weighted by molar-refractivity contribution is -0.139. The van der Waals surface area contributed by atoms with E-state index in [0.29, 0.717) is 24.4 Å². The van der Waals surface area contributed by atoms with E-state index < -0.39 is 10.0 Å². The zero-order chi connectivity index (χ0) is 16.5. The van der Waals surface area contributed by atoms with Crippen LogP contribution in [0.3, 0.4) is 0 Å². The highest BCUT2D eigenvalue weighted by Crippen LogP contribution is 2.40. The molecule has 0 radical (unpaired) electrons. The zero-order valence-corrected chi connectivity index (χ0v) is 14.5. The predicted octanol–water partition coefficient (Wildman–Crippen LogP) is 3.07. The highest BCUT2D eigenvalue weighted by atomic mass is 32.3. The fourth-order valence-corrected chi connectivity index (χ4v) is 3.58. The van der Waals surface area contributed by atoms with Crippen LogP contribution in [-0.2, 0) is 19.1 Å². The van der Waals surface area contributed by atoms with Gasteiger partial charge in [0.1, 0.15) is 0 Å².